The molecule has 92 valence electrons. The van der Waals surface area contributed by atoms with E-state index in [4.69, 9.17) is 0 Å². The molecule has 3 aromatic carbocycles. The van der Waals surface area contributed by atoms with E-state index < -0.39 is 0 Å². The van der Waals surface area contributed by atoms with E-state index >= 15 is 0 Å². The highest BCUT2D eigenvalue weighted by Crippen LogP contribution is 2.46. The van der Waals surface area contributed by atoms with Crippen molar-refractivity contribution >= 4 is 33.9 Å². The second-order valence-electron chi connectivity index (χ2n) is 4.89. The summed E-state index contributed by atoms with van der Waals surface area (Å²) in [5, 5.41) is 6.16. The largest absolute Gasteiger partial charge is 0.353 e. The van der Waals surface area contributed by atoms with E-state index in [2.05, 4.69) is 66.8 Å². The van der Waals surface area contributed by atoms with Crippen molar-refractivity contribution < 1.29 is 0 Å². The number of aryl methyl sites for hydroxylation is 1. The van der Waals surface area contributed by atoms with Crippen molar-refractivity contribution in [2.24, 2.45) is 0 Å². The zero-order valence-electron chi connectivity index (χ0n) is 10.6. The summed E-state index contributed by atoms with van der Waals surface area (Å²) in [6, 6.07) is 19.5. The highest BCUT2D eigenvalue weighted by atomic mass is 32.2. The Kier molecular flexibility index (Phi) is 2.32. The third kappa shape index (κ3) is 1.71. The molecule has 3 aromatic rings. The van der Waals surface area contributed by atoms with Crippen LogP contribution in [-0.4, -0.2) is 0 Å². The molecule has 0 fully saturated rings. The molecule has 0 saturated carbocycles. The number of rotatable bonds is 0. The fourth-order valence-corrected chi connectivity index (χ4v) is 3.65. The summed E-state index contributed by atoms with van der Waals surface area (Å²) in [7, 11) is 0. The van der Waals surface area contributed by atoms with Gasteiger partial charge in [-0.1, -0.05) is 48.2 Å². The molecular formula is C17H13NS. The van der Waals surface area contributed by atoms with Gasteiger partial charge in [-0.3, -0.25) is 0 Å². The van der Waals surface area contributed by atoms with Crippen molar-refractivity contribution in [3.63, 3.8) is 0 Å². The summed E-state index contributed by atoms with van der Waals surface area (Å²) >= 11 is 1.85. The molecule has 0 aliphatic carbocycles. The number of fused-ring (bicyclic) bond motifs is 4. The van der Waals surface area contributed by atoms with E-state index in [1.54, 1.807) is 0 Å². The molecule has 19 heavy (non-hydrogen) atoms. The normalized spacial score (nSPS) is 12.7. The minimum absolute atomic E-state index is 1.21. The lowest BCUT2D eigenvalue weighted by Crippen LogP contribution is -2.00. The zero-order chi connectivity index (χ0) is 12.8. The molecule has 1 nitrogen and oxygen atoms in total. The second-order valence-corrected chi connectivity index (χ2v) is 5.97. The van der Waals surface area contributed by atoms with Crippen LogP contribution in [0.5, 0.6) is 0 Å². The second kappa shape index (κ2) is 4.04. The lowest BCUT2D eigenvalue weighted by molar-refractivity contribution is 1.30. The lowest BCUT2D eigenvalue weighted by atomic mass is 10.1. The first-order valence-corrected chi connectivity index (χ1v) is 7.20. The van der Waals surface area contributed by atoms with Crippen LogP contribution in [0, 0.1) is 6.92 Å². The van der Waals surface area contributed by atoms with Gasteiger partial charge in [0.25, 0.3) is 0 Å². The van der Waals surface area contributed by atoms with E-state index in [0.29, 0.717) is 0 Å². The smallest absolute Gasteiger partial charge is 0.0606 e. The van der Waals surface area contributed by atoms with Gasteiger partial charge < -0.3 is 5.32 Å². The number of benzene rings is 3. The number of anilines is 2. The molecule has 0 saturated heterocycles. The SMILES string of the molecule is Cc1ccc2c(c1)Sc1ccc3ccccc3c1N2. The summed E-state index contributed by atoms with van der Waals surface area (Å²) in [5.41, 5.74) is 3.75. The number of hydrogen-bond acceptors (Lipinski definition) is 2. The van der Waals surface area contributed by atoms with Crippen molar-refractivity contribution in [1.29, 1.82) is 0 Å². The van der Waals surface area contributed by atoms with Crippen LogP contribution < -0.4 is 5.32 Å². The first-order chi connectivity index (χ1) is 9.31. The third-order valence-electron chi connectivity index (χ3n) is 3.51. The molecule has 1 aliphatic rings. The molecular weight excluding hydrogens is 250 g/mol. The quantitative estimate of drug-likeness (QED) is 0.458. The Hall–Kier alpha value is -1.93. The van der Waals surface area contributed by atoms with E-state index in [0.717, 1.165) is 0 Å². The van der Waals surface area contributed by atoms with Gasteiger partial charge in [0, 0.05) is 15.2 Å². The van der Waals surface area contributed by atoms with Crippen molar-refractivity contribution in [2.75, 3.05) is 5.32 Å². The number of hydrogen-bond donors (Lipinski definition) is 1. The topological polar surface area (TPSA) is 12.0 Å². The Bertz CT molecular complexity index is 792. The van der Waals surface area contributed by atoms with Crippen molar-refractivity contribution in [3.05, 3.63) is 60.2 Å². The monoisotopic (exact) mass is 263 g/mol. The molecule has 1 N–H and O–H groups in total. The summed E-state index contributed by atoms with van der Waals surface area (Å²) in [5.74, 6) is 0. The summed E-state index contributed by atoms with van der Waals surface area (Å²) in [4.78, 5) is 2.61. The molecule has 1 aliphatic heterocycles. The third-order valence-corrected chi connectivity index (χ3v) is 4.63. The van der Waals surface area contributed by atoms with Gasteiger partial charge in [0.2, 0.25) is 0 Å². The predicted octanol–water partition coefficient (Wildman–Crippen LogP) is 5.36. The van der Waals surface area contributed by atoms with Gasteiger partial charge in [0.05, 0.1) is 11.4 Å². The Morgan fingerprint density at radius 2 is 1.79 bits per heavy atom. The zero-order valence-corrected chi connectivity index (χ0v) is 11.4. The summed E-state index contributed by atoms with van der Waals surface area (Å²) in [6.45, 7) is 2.14. The Morgan fingerprint density at radius 3 is 2.74 bits per heavy atom. The van der Waals surface area contributed by atoms with Gasteiger partial charge in [0.1, 0.15) is 0 Å². The van der Waals surface area contributed by atoms with Gasteiger partial charge in [0.15, 0.2) is 0 Å². The van der Waals surface area contributed by atoms with Gasteiger partial charge in [-0.15, -0.1) is 0 Å². The van der Waals surface area contributed by atoms with E-state index in [1.165, 1.54) is 37.5 Å². The van der Waals surface area contributed by atoms with Crippen LogP contribution in [0.2, 0.25) is 0 Å². The van der Waals surface area contributed by atoms with Crippen LogP contribution in [0.25, 0.3) is 10.8 Å². The average Bonchev–Trinajstić information content (AvgIpc) is 2.45. The Labute approximate surface area is 116 Å². The standard InChI is InChI=1S/C17H13NS/c1-11-6-8-14-16(10-11)19-15-9-7-12-4-2-3-5-13(12)17(15)18-14/h2-10,18H,1H3. The van der Waals surface area contributed by atoms with Gasteiger partial charge in [-0.05, 0) is 36.1 Å². The fourth-order valence-electron chi connectivity index (χ4n) is 2.54. The van der Waals surface area contributed by atoms with E-state index in [9.17, 15) is 0 Å². The minimum atomic E-state index is 1.21. The van der Waals surface area contributed by atoms with Crippen LogP contribution in [0.3, 0.4) is 0 Å². The van der Waals surface area contributed by atoms with Crippen LogP contribution in [0.4, 0.5) is 11.4 Å². The molecule has 2 heteroatoms. The molecule has 0 bridgehead atoms. The molecule has 0 radical (unpaired) electrons. The van der Waals surface area contributed by atoms with Gasteiger partial charge in [-0.2, -0.15) is 0 Å². The summed E-state index contributed by atoms with van der Waals surface area (Å²) in [6.07, 6.45) is 0. The lowest BCUT2D eigenvalue weighted by Gasteiger charge is -2.22. The fraction of sp³-hybridized carbons (Fsp3) is 0.0588. The minimum Gasteiger partial charge on any atom is -0.353 e. The average molecular weight is 263 g/mol. The maximum atomic E-state index is 3.59. The molecule has 0 spiro atoms. The van der Waals surface area contributed by atoms with Gasteiger partial charge in [-0.25, -0.2) is 0 Å². The van der Waals surface area contributed by atoms with Crippen LogP contribution in [0.15, 0.2) is 64.4 Å². The molecule has 1 heterocycles. The Morgan fingerprint density at radius 1 is 0.895 bits per heavy atom. The van der Waals surface area contributed by atoms with Gasteiger partial charge >= 0.3 is 0 Å². The maximum Gasteiger partial charge on any atom is 0.0606 e. The van der Waals surface area contributed by atoms with Crippen molar-refractivity contribution in [1.82, 2.24) is 0 Å². The molecule has 0 aromatic heterocycles. The number of nitrogens with one attached hydrogen (secondary N) is 1. The molecule has 0 unspecified atom stereocenters. The van der Waals surface area contributed by atoms with E-state index in [-0.39, 0.29) is 0 Å². The maximum absolute atomic E-state index is 3.59. The van der Waals surface area contributed by atoms with Crippen LogP contribution in [0.1, 0.15) is 5.56 Å². The van der Waals surface area contributed by atoms with Crippen molar-refractivity contribution in [3.8, 4) is 0 Å². The summed E-state index contributed by atoms with van der Waals surface area (Å²) < 4.78 is 0. The molecule has 0 atom stereocenters. The van der Waals surface area contributed by atoms with E-state index in [1.807, 2.05) is 11.8 Å². The highest BCUT2D eigenvalue weighted by Gasteiger charge is 2.17. The van der Waals surface area contributed by atoms with Crippen LogP contribution in [-0.2, 0) is 0 Å². The predicted molar refractivity (Wildman–Crippen MR) is 82.5 cm³/mol. The van der Waals surface area contributed by atoms with Crippen molar-refractivity contribution in [2.45, 2.75) is 16.7 Å². The Balaban J connectivity index is 1.94. The molecule has 0 amide bonds. The first kappa shape index (κ1) is 10.9. The first-order valence-electron chi connectivity index (χ1n) is 6.38. The molecule has 4 rings (SSSR count). The van der Waals surface area contributed by atoms with Crippen LogP contribution >= 0.6 is 11.8 Å². The highest BCUT2D eigenvalue weighted by molar-refractivity contribution is 7.99.